The van der Waals surface area contributed by atoms with Gasteiger partial charge in [-0.25, -0.2) is 0 Å². The Morgan fingerprint density at radius 2 is 0.606 bits per heavy atom. The summed E-state index contributed by atoms with van der Waals surface area (Å²) in [6.45, 7) is 1.21. The average Bonchev–Trinajstić information content (AvgIpc) is 3.44. The first-order chi connectivity index (χ1) is 35.1. The number of unbranched alkanes of at least 4 members (excludes halogenated alkanes) is 50. The third-order valence-electron chi connectivity index (χ3n) is 16.0. The summed E-state index contributed by atoms with van der Waals surface area (Å²) in [5.74, 6) is -1.40. The number of carbonyl (C=O) groups is 2. The van der Waals surface area contributed by atoms with Crippen LogP contribution in [-0.2, 0) is 19.1 Å². The quantitative estimate of drug-likeness (QED) is 0.0358. The van der Waals surface area contributed by atoms with E-state index >= 15 is 0 Å². The van der Waals surface area contributed by atoms with Crippen LogP contribution >= 0.6 is 0 Å². The molecule has 6 nitrogen and oxygen atoms in total. The molecular formula is C65H124O6. The number of aliphatic hydroxyl groups excluding tert-OH is 2. The smallest absolute Gasteiger partial charge is 0.309 e. The summed E-state index contributed by atoms with van der Waals surface area (Å²) in [6, 6.07) is 0. The van der Waals surface area contributed by atoms with Gasteiger partial charge in [-0.15, -0.1) is 0 Å². The Bertz CT molecular complexity index is 1120. The first-order valence-electron chi connectivity index (χ1n) is 32.3. The van der Waals surface area contributed by atoms with Gasteiger partial charge in [-0.1, -0.05) is 327 Å². The fraction of sp³-hybridized carbons (Fsp3) is 0.938. The van der Waals surface area contributed by atoms with Crippen molar-refractivity contribution in [1.29, 1.82) is 0 Å². The Hall–Kier alpha value is -1.40. The molecule has 1 heterocycles. The molecule has 1 aliphatic rings. The number of cyclic esters (lactones) is 2. The van der Waals surface area contributed by atoms with Gasteiger partial charge in [0.25, 0.3) is 0 Å². The number of ether oxygens (including phenoxy) is 2. The molecule has 1 saturated heterocycles. The molecule has 0 bridgehead atoms. The van der Waals surface area contributed by atoms with Crippen molar-refractivity contribution in [2.75, 3.05) is 26.4 Å². The summed E-state index contributed by atoms with van der Waals surface area (Å²) < 4.78 is 10.6. The molecule has 0 saturated carbocycles. The molecule has 0 aromatic heterocycles. The van der Waals surface area contributed by atoms with E-state index in [1.165, 1.54) is 315 Å². The molecule has 1 unspecified atom stereocenters. The third kappa shape index (κ3) is 46.8. The van der Waals surface area contributed by atoms with Gasteiger partial charge in [0.05, 0.1) is 31.0 Å². The summed E-state index contributed by atoms with van der Waals surface area (Å²) >= 11 is 0. The van der Waals surface area contributed by atoms with Gasteiger partial charge in [-0.3, -0.25) is 9.59 Å². The first-order valence-corrected chi connectivity index (χ1v) is 32.3. The second-order valence-electron chi connectivity index (χ2n) is 23.1. The highest BCUT2D eigenvalue weighted by atomic mass is 16.6. The minimum Gasteiger partial charge on any atom is -0.465 e. The molecule has 0 radical (unpaired) electrons. The molecule has 6 heteroatoms. The number of rotatable bonds is 56. The fourth-order valence-corrected chi connectivity index (χ4v) is 10.8. The molecule has 2 N–H and O–H groups in total. The molecule has 1 atom stereocenters. The van der Waals surface area contributed by atoms with Crippen molar-refractivity contribution in [3.8, 4) is 0 Å². The van der Waals surface area contributed by atoms with Crippen LogP contribution in [0.2, 0.25) is 0 Å². The minimum absolute atomic E-state index is 0.00486. The van der Waals surface area contributed by atoms with E-state index in [1.807, 2.05) is 0 Å². The van der Waals surface area contributed by atoms with Gasteiger partial charge in [-0.05, 0) is 32.1 Å². The highest BCUT2D eigenvalue weighted by Gasteiger charge is 2.36. The molecule has 0 aromatic rings. The monoisotopic (exact) mass is 1000 g/mol. The van der Waals surface area contributed by atoms with E-state index in [2.05, 4.69) is 19.1 Å². The van der Waals surface area contributed by atoms with Crippen LogP contribution in [0, 0.1) is 11.3 Å². The van der Waals surface area contributed by atoms with E-state index in [4.69, 9.17) is 9.47 Å². The standard InChI is InChI=1S/C65H124O6/c1-2-3-4-5-6-7-8-9-10-11-12-13-14-15-16-17-18-19-20-21-22-23-24-25-26-27-28-29-30-31-32-33-34-35-36-37-38-39-40-41-42-43-44-45-46-47-48-49-50-51-52-53-54-55-56-62-57-63(68)70-60-65(58-66,59-67)61-71-64(62)69/h21-22,62,66-67H,2-20,23-61H2,1H3/b22-21+. The average molecular weight is 1000 g/mol. The first kappa shape index (κ1) is 67.6. The second kappa shape index (κ2) is 54.8. The van der Waals surface area contributed by atoms with E-state index in [1.54, 1.807) is 0 Å². The number of carbonyl (C=O) groups excluding carboxylic acids is 2. The van der Waals surface area contributed by atoms with Crippen LogP contribution < -0.4 is 0 Å². The lowest BCUT2D eigenvalue weighted by Crippen LogP contribution is -2.40. The van der Waals surface area contributed by atoms with Crippen molar-refractivity contribution in [2.45, 2.75) is 354 Å². The molecule has 71 heavy (non-hydrogen) atoms. The Kier molecular flexibility index (Phi) is 52.2. The van der Waals surface area contributed by atoms with E-state index in [0.29, 0.717) is 6.42 Å². The number of hydrogen-bond acceptors (Lipinski definition) is 6. The molecule has 0 aliphatic carbocycles. The Morgan fingerprint density at radius 1 is 0.366 bits per heavy atom. The number of allylic oxidation sites excluding steroid dienone is 2. The molecule has 1 fully saturated rings. The lowest BCUT2D eigenvalue weighted by Gasteiger charge is -2.27. The van der Waals surface area contributed by atoms with Gasteiger partial charge < -0.3 is 19.7 Å². The Morgan fingerprint density at radius 3 is 0.873 bits per heavy atom. The maximum Gasteiger partial charge on any atom is 0.309 e. The fourth-order valence-electron chi connectivity index (χ4n) is 10.8. The van der Waals surface area contributed by atoms with Gasteiger partial charge in [0.2, 0.25) is 0 Å². The van der Waals surface area contributed by atoms with Crippen LogP contribution in [0.3, 0.4) is 0 Å². The predicted octanol–water partition coefficient (Wildman–Crippen LogP) is 20.3. The maximum atomic E-state index is 12.5. The van der Waals surface area contributed by atoms with Crippen LogP contribution in [0.1, 0.15) is 354 Å². The summed E-state index contributed by atoms with van der Waals surface area (Å²) in [5.41, 5.74) is -1.12. The van der Waals surface area contributed by atoms with Crippen molar-refractivity contribution >= 4 is 11.9 Å². The summed E-state index contributed by atoms with van der Waals surface area (Å²) in [7, 11) is 0. The molecule has 0 aromatic carbocycles. The van der Waals surface area contributed by atoms with Gasteiger partial charge in [-0.2, -0.15) is 0 Å². The normalized spacial score (nSPS) is 15.3. The van der Waals surface area contributed by atoms with Crippen molar-refractivity contribution < 1.29 is 29.3 Å². The van der Waals surface area contributed by atoms with Crippen molar-refractivity contribution in [1.82, 2.24) is 0 Å². The topological polar surface area (TPSA) is 93.1 Å². The van der Waals surface area contributed by atoms with E-state index in [0.717, 1.165) is 19.3 Å². The molecule has 1 rings (SSSR count). The zero-order valence-electron chi connectivity index (χ0n) is 47.8. The third-order valence-corrected chi connectivity index (χ3v) is 16.0. The lowest BCUT2D eigenvalue weighted by molar-refractivity contribution is -0.155. The van der Waals surface area contributed by atoms with E-state index in [-0.39, 0.29) is 19.6 Å². The Balaban J connectivity index is 1.68. The predicted molar refractivity (Wildman–Crippen MR) is 306 cm³/mol. The number of esters is 2. The highest BCUT2D eigenvalue weighted by Crippen LogP contribution is 2.25. The molecule has 1 aliphatic heterocycles. The lowest BCUT2D eigenvalue weighted by atomic mass is 9.92. The van der Waals surface area contributed by atoms with Crippen molar-refractivity contribution in [3.63, 3.8) is 0 Å². The molecular weight excluding hydrogens is 877 g/mol. The van der Waals surface area contributed by atoms with Gasteiger partial charge in [0.1, 0.15) is 13.2 Å². The largest absolute Gasteiger partial charge is 0.465 e. The Labute approximate surface area is 443 Å². The maximum absolute atomic E-state index is 12.5. The van der Waals surface area contributed by atoms with E-state index in [9.17, 15) is 19.8 Å². The molecule has 420 valence electrons. The van der Waals surface area contributed by atoms with Crippen molar-refractivity contribution in [2.24, 2.45) is 11.3 Å². The van der Waals surface area contributed by atoms with Gasteiger partial charge in [0.15, 0.2) is 0 Å². The zero-order chi connectivity index (χ0) is 51.1. The second-order valence-corrected chi connectivity index (χ2v) is 23.1. The molecule has 0 spiro atoms. The van der Waals surface area contributed by atoms with Crippen LogP contribution in [0.25, 0.3) is 0 Å². The number of hydrogen-bond donors (Lipinski definition) is 2. The summed E-state index contributed by atoms with van der Waals surface area (Å²) in [4.78, 5) is 24.7. The van der Waals surface area contributed by atoms with E-state index < -0.39 is 36.5 Å². The van der Waals surface area contributed by atoms with Crippen LogP contribution in [-0.4, -0.2) is 48.6 Å². The van der Waals surface area contributed by atoms with Crippen LogP contribution in [0.4, 0.5) is 0 Å². The van der Waals surface area contributed by atoms with Gasteiger partial charge in [0, 0.05) is 0 Å². The summed E-state index contributed by atoms with van der Waals surface area (Å²) in [6.07, 6.45) is 78.7. The summed E-state index contributed by atoms with van der Waals surface area (Å²) in [5, 5.41) is 19.2. The molecule has 0 amide bonds. The van der Waals surface area contributed by atoms with Crippen LogP contribution in [0.5, 0.6) is 0 Å². The minimum atomic E-state index is -1.12. The zero-order valence-corrected chi connectivity index (χ0v) is 47.8. The van der Waals surface area contributed by atoms with Crippen LogP contribution in [0.15, 0.2) is 12.2 Å². The van der Waals surface area contributed by atoms with Gasteiger partial charge >= 0.3 is 11.9 Å². The SMILES string of the molecule is CCCCCCCCCCCCCCCCCCCC/C=C/CCCCCCCCCCCCCCCCCCCCCCCCCCCCCCCCCCC1CC(=O)OCC(CO)(CO)COC1=O. The van der Waals surface area contributed by atoms with Crippen molar-refractivity contribution in [3.05, 3.63) is 12.2 Å². The number of aliphatic hydroxyl groups is 2. The highest BCUT2D eigenvalue weighted by molar-refractivity contribution is 5.80.